The number of nitrogens with one attached hydrogen (secondary N) is 1. The predicted octanol–water partition coefficient (Wildman–Crippen LogP) is 1.01. The van der Waals surface area contributed by atoms with Gasteiger partial charge in [-0.25, -0.2) is 13.4 Å². The number of rotatable bonds is 4. The molecule has 1 fully saturated rings. The van der Waals surface area contributed by atoms with Crippen molar-refractivity contribution in [3.8, 4) is 0 Å². The summed E-state index contributed by atoms with van der Waals surface area (Å²) in [7, 11) is -3.37. The summed E-state index contributed by atoms with van der Waals surface area (Å²) in [5.74, 6) is 0.0995. The lowest BCUT2D eigenvalue weighted by molar-refractivity contribution is 0.359. The molecule has 0 spiro atoms. The lowest BCUT2D eigenvalue weighted by Crippen LogP contribution is -2.26. The molecule has 1 aliphatic heterocycles. The third kappa shape index (κ3) is 2.64. The molecule has 6 nitrogen and oxygen atoms in total. The number of nitrogens with zero attached hydrogens (tertiary/aromatic N) is 2. The van der Waals surface area contributed by atoms with Gasteiger partial charge >= 0.3 is 0 Å². The molecule has 20 heavy (non-hydrogen) atoms. The zero-order valence-electron chi connectivity index (χ0n) is 11.2. The van der Waals surface area contributed by atoms with Crippen LogP contribution in [0.15, 0.2) is 23.4 Å². The summed E-state index contributed by atoms with van der Waals surface area (Å²) in [6, 6.07) is 5.13. The minimum Gasteiger partial charge on any atom is -0.399 e. The van der Waals surface area contributed by atoms with Crippen molar-refractivity contribution in [2.45, 2.75) is 18.0 Å². The van der Waals surface area contributed by atoms with E-state index in [0.717, 1.165) is 25.9 Å². The van der Waals surface area contributed by atoms with E-state index in [1.54, 1.807) is 18.2 Å². The zero-order valence-corrected chi connectivity index (χ0v) is 12.0. The van der Waals surface area contributed by atoms with Gasteiger partial charge in [0.15, 0.2) is 0 Å². The third-order valence-electron chi connectivity index (χ3n) is 3.65. The second-order valence-electron chi connectivity index (χ2n) is 5.19. The molecule has 0 saturated carbocycles. The molecule has 1 aromatic carbocycles. The van der Waals surface area contributed by atoms with E-state index in [-0.39, 0.29) is 10.9 Å². The summed E-state index contributed by atoms with van der Waals surface area (Å²) in [5, 5.41) is 0.0392. The summed E-state index contributed by atoms with van der Waals surface area (Å²) in [4.78, 5) is 9.19. The van der Waals surface area contributed by atoms with Crippen LogP contribution in [-0.2, 0) is 9.84 Å². The Bertz CT molecular complexity index is 717. The number of anilines is 1. The van der Waals surface area contributed by atoms with Gasteiger partial charge in [-0.15, -0.1) is 0 Å². The molecule has 0 atom stereocenters. The Balaban J connectivity index is 1.81. The van der Waals surface area contributed by atoms with E-state index in [2.05, 4.69) is 14.9 Å². The maximum Gasteiger partial charge on any atom is 0.226 e. The van der Waals surface area contributed by atoms with Crippen LogP contribution in [0.5, 0.6) is 0 Å². The fourth-order valence-electron chi connectivity index (χ4n) is 2.50. The van der Waals surface area contributed by atoms with Crippen LogP contribution < -0.4 is 5.73 Å². The summed E-state index contributed by atoms with van der Waals surface area (Å²) >= 11 is 0. The summed E-state index contributed by atoms with van der Waals surface area (Å²) in [6.45, 7) is 2.56. The van der Waals surface area contributed by atoms with E-state index in [0.29, 0.717) is 23.3 Å². The van der Waals surface area contributed by atoms with Crippen molar-refractivity contribution in [1.29, 1.82) is 0 Å². The topological polar surface area (TPSA) is 92.1 Å². The van der Waals surface area contributed by atoms with E-state index in [9.17, 15) is 8.42 Å². The molecule has 108 valence electrons. The molecule has 1 aromatic heterocycles. The molecule has 1 aliphatic rings. The SMILES string of the molecule is Nc1ccc2nc(S(=O)(=O)CCN3CCCC3)[nH]c2c1. The lowest BCUT2D eigenvalue weighted by atomic mass is 10.3. The number of nitrogen functional groups attached to an aromatic ring is 1. The van der Waals surface area contributed by atoms with Gasteiger partial charge in [0.25, 0.3) is 0 Å². The highest BCUT2D eigenvalue weighted by molar-refractivity contribution is 7.91. The van der Waals surface area contributed by atoms with Crippen LogP contribution in [0.25, 0.3) is 11.0 Å². The van der Waals surface area contributed by atoms with Crippen LogP contribution in [0.4, 0.5) is 5.69 Å². The van der Waals surface area contributed by atoms with Crippen molar-refractivity contribution in [2.75, 3.05) is 31.1 Å². The summed E-state index contributed by atoms with van der Waals surface area (Å²) < 4.78 is 24.6. The molecular formula is C13H18N4O2S. The monoisotopic (exact) mass is 294 g/mol. The highest BCUT2D eigenvalue weighted by Gasteiger charge is 2.21. The number of imidazole rings is 1. The molecule has 0 bridgehead atoms. The molecule has 7 heteroatoms. The van der Waals surface area contributed by atoms with Crippen molar-refractivity contribution in [2.24, 2.45) is 0 Å². The van der Waals surface area contributed by atoms with Crippen LogP contribution in [-0.4, -0.2) is 48.7 Å². The van der Waals surface area contributed by atoms with E-state index in [1.807, 2.05) is 0 Å². The Kier molecular flexibility index (Phi) is 3.39. The maximum atomic E-state index is 12.3. The van der Waals surface area contributed by atoms with Crippen molar-refractivity contribution in [3.63, 3.8) is 0 Å². The zero-order chi connectivity index (χ0) is 14.2. The van der Waals surface area contributed by atoms with Crippen LogP contribution in [0.2, 0.25) is 0 Å². The fraction of sp³-hybridized carbons (Fsp3) is 0.462. The van der Waals surface area contributed by atoms with Crippen LogP contribution in [0.3, 0.4) is 0 Å². The largest absolute Gasteiger partial charge is 0.399 e. The quantitative estimate of drug-likeness (QED) is 0.821. The van der Waals surface area contributed by atoms with Gasteiger partial charge in [-0.3, -0.25) is 0 Å². The number of H-pyrrole nitrogens is 1. The Hall–Kier alpha value is -1.60. The molecule has 3 N–H and O–H groups in total. The van der Waals surface area contributed by atoms with Crippen LogP contribution in [0.1, 0.15) is 12.8 Å². The van der Waals surface area contributed by atoms with E-state index < -0.39 is 9.84 Å². The minimum absolute atomic E-state index is 0.0392. The minimum atomic E-state index is -3.37. The van der Waals surface area contributed by atoms with Crippen molar-refractivity contribution in [1.82, 2.24) is 14.9 Å². The van der Waals surface area contributed by atoms with E-state index in [4.69, 9.17) is 5.73 Å². The molecule has 0 amide bonds. The molecule has 2 heterocycles. The van der Waals surface area contributed by atoms with Crippen molar-refractivity contribution < 1.29 is 8.42 Å². The first-order valence-electron chi connectivity index (χ1n) is 6.75. The molecule has 0 unspecified atom stereocenters. The molecule has 0 aliphatic carbocycles. The van der Waals surface area contributed by atoms with Gasteiger partial charge < -0.3 is 15.6 Å². The van der Waals surface area contributed by atoms with Gasteiger partial charge in [-0.05, 0) is 44.1 Å². The first-order chi connectivity index (χ1) is 9.54. The number of fused-ring (bicyclic) bond motifs is 1. The average Bonchev–Trinajstić information content (AvgIpc) is 3.05. The number of aromatic nitrogens is 2. The lowest BCUT2D eigenvalue weighted by Gasteiger charge is -2.13. The molecular weight excluding hydrogens is 276 g/mol. The number of sulfone groups is 1. The van der Waals surface area contributed by atoms with Gasteiger partial charge in [0, 0.05) is 12.2 Å². The number of likely N-dealkylation sites (tertiary alicyclic amines) is 1. The van der Waals surface area contributed by atoms with Crippen LogP contribution >= 0.6 is 0 Å². The Labute approximate surface area is 117 Å². The molecule has 2 aromatic rings. The van der Waals surface area contributed by atoms with Gasteiger partial charge in [0.1, 0.15) is 0 Å². The van der Waals surface area contributed by atoms with Crippen molar-refractivity contribution in [3.05, 3.63) is 18.2 Å². The van der Waals surface area contributed by atoms with Gasteiger partial charge in [0.2, 0.25) is 15.0 Å². The second-order valence-corrected chi connectivity index (χ2v) is 7.21. The van der Waals surface area contributed by atoms with Crippen LogP contribution in [0, 0.1) is 0 Å². The first kappa shape index (κ1) is 13.4. The fourth-order valence-corrected chi connectivity index (χ4v) is 3.70. The summed E-state index contributed by atoms with van der Waals surface area (Å²) in [5.41, 5.74) is 7.55. The van der Waals surface area contributed by atoms with E-state index >= 15 is 0 Å². The Morgan fingerprint density at radius 1 is 1.30 bits per heavy atom. The maximum absolute atomic E-state index is 12.3. The Morgan fingerprint density at radius 2 is 2.05 bits per heavy atom. The predicted molar refractivity (Wildman–Crippen MR) is 78.2 cm³/mol. The number of nitrogens with two attached hydrogens (primary N) is 1. The number of hydrogen-bond donors (Lipinski definition) is 2. The molecule has 3 rings (SSSR count). The van der Waals surface area contributed by atoms with Gasteiger partial charge in [-0.1, -0.05) is 0 Å². The second kappa shape index (κ2) is 5.06. The molecule has 0 radical (unpaired) electrons. The number of aromatic amines is 1. The third-order valence-corrected chi connectivity index (χ3v) is 5.16. The van der Waals surface area contributed by atoms with Gasteiger partial charge in [-0.2, -0.15) is 0 Å². The number of benzene rings is 1. The first-order valence-corrected chi connectivity index (χ1v) is 8.40. The number of hydrogen-bond acceptors (Lipinski definition) is 5. The highest BCUT2D eigenvalue weighted by Crippen LogP contribution is 2.18. The smallest absolute Gasteiger partial charge is 0.226 e. The van der Waals surface area contributed by atoms with Crippen molar-refractivity contribution >= 4 is 26.6 Å². The normalized spacial score (nSPS) is 17.0. The van der Waals surface area contributed by atoms with E-state index in [1.165, 1.54) is 0 Å². The van der Waals surface area contributed by atoms with Gasteiger partial charge in [0.05, 0.1) is 16.8 Å². The highest BCUT2D eigenvalue weighted by atomic mass is 32.2. The standard InChI is InChI=1S/C13H18N4O2S/c14-10-3-4-11-12(9-10)16-13(15-11)20(18,19)8-7-17-5-1-2-6-17/h3-4,9H,1-2,5-8,14H2,(H,15,16). The average molecular weight is 294 g/mol. The summed E-state index contributed by atoms with van der Waals surface area (Å²) in [6.07, 6.45) is 2.31. The Morgan fingerprint density at radius 3 is 2.80 bits per heavy atom. The molecule has 1 saturated heterocycles.